The van der Waals surface area contributed by atoms with Gasteiger partial charge in [0.05, 0.1) is 18.3 Å². The number of nitrogens with zero attached hydrogens (tertiary/aromatic N) is 1. The van der Waals surface area contributed by atoms with Gasteiger partial charge in [-0.05, 0) is 28.7 Å². The minimum absolute atomic E-state index is 0.124. The summed E-state index contributed by atoms with van der Waals surface area (Å²) in [6.07, 6.45) is 3.72. The third kappa shape index (κ3) is 4.60. The van der Waals surface area contributed by atoms with E-state index in [9.17, 15) is 4.79 Å². The topological polar surface area (TPSA) is 57.2 Å². The predicted octanol–water partition coefficient (Wildman–Crippen LogP) is 3.01. The third-order valence-electron chi connectivity index (χ3n) is 3.20. The van der Waals surface area contributed by atoms with Gasteiger partial charge in [0.1, 0.15) is 0 Å². The summed E-state index contributed by atoms with van der Waals surface area (Å²) in [6.45, 7) is 6.51. The quantitative estimate of drug-likeness (QED) is 0.657. The van der Waals surface area contributed by atoms with E-state index >= 15 is 0 Å². The van der Waals surface area contributed by atoms with Crippen molar-refractivity contribution in [3.63, 3.8) is 0 Å². The Labute approximate surface area is 125 Å². The van der Waals surface area contributed by atoms with Gasteiger partial charge in [-0.25, -0.2) is 5.43 Å². The smallest absolute Gasteiger partial charge is 0.244 e. The lowest BCUT2D eigenvalue weighted by Gasteiger charge is -2.19. The standard InChI is InChI=1S/C17H21N3O/c1-17(2,3)14-8-6-13(7-9-14)11-16(21)20-19-12-15-5-4-10-18-15/h4-10,12,18H,11H2,1-3H3,(H,20,21). The van der Waals surface area contributed by atoms with Crippen LogP contribution in [0.1, 0.15) is 37.6 Å². The SMILES string of the molecule is CC(C)(C)c1ccc(CC(=O)NN=Cc2ccc[nH]2)cc1. The van der Waals surface area contributed by atoms with Crippen LogP contribution in [0.5, 0.6) is 0 Å². The second-order valence-corrected chi connectivity index (χ2v) is 6.04. The number of hydrogen-bond acceptors (Lipinski definition) is 2. The fraction of sp³-hybridized carbons (Fsp3) is 0.294. The Balaban J connectivity index is 1.88. The van der Waals surface area contributed by atoms with E-state index in [1.165, 1.54) is 5.56 Å². The van der Waals surface area contributed by atoms with E-state index in [-0.39, 0.29) is 11.3 Å². The Bertz CT molecular complexity index is 604. The molecule has 0 unspecified atom stereocenters. The minimum Gasteiger partial charge on any atom is -0.360 e. The van der Waals surface area contributed by atoms with Crippen LogP contribution in [-0.4, -0.2) is 17.1 Å². The number of rotatable bonds is 4. The average Bonchev–Trinajstić information content (AvgIpc) is 2.91. The maximum atomic E-state index is 11.8. The van der Waals surface area contributed by atoms with Gasteiger partial charge in [0.2, 0.25) is 5.91 Å². The number of aromatic nitrogens is 1. The zero-order valence-corrected chi connectivity index (χ0v) is 12.7. The minimum atomic E-state index is -0.124. The van der Waals surface area contributed by atoms with E-state index in [0.29, 0.717) is 6.42 Å². The zero-order chi connectivity index (χ0) is 15.3. The average molecular weight is 283 g/mol. The van der Waals surface area contributed by atoms with Crippen molar-refractivity contribution in [2.24, 2.45) is 5.10 Å². The number of hydrogen-bond donors (Lipinski definition) is 2. The Morgan fingerprint density at radius 3 is 2.52 bits per heavy atom. The van der Waals surface area contributed by atoms with Gasteiger partial charge in [-0.2, -0.15) is 5.10 Å². The van der Waals surface area contributed by atoms with Gasteiger partial charge in [0.15, 0.2) is 0 Å². The Kier molecular flexibility index (Phi) is 4.58. The summed E-state index contributed by atoms with van der Waals surface area (Å²) in [5.41, 5.74) is 5.75. The number of carbonyl (C=O) groups excluding carboxylic acids is 1. The predicted molar refractivity (Wildman–Crippen MR) is 85.4 cm³/mol. The van der Waals surface area contributed by atoms with Gasteiger partial charge in [0, 0.05) is 6.20 Å². The molecular formula is C17H21N3O. The molecule has 2 N–H and O–H groups in total. The summed E-state index contributed by atoms with van der Waals surface area (Å²) in [5, 5.41) is 3.91. The molecule has 2 aromatic rings. The molecule has 0 atom stereocenters. The molecule has 1 aromatic carbocycles. The maximum Gasteiger partial charge on any atom is 0.244 e. The summed E-state index contributed by atoms with van der Waals surface area (Å²) >= 11 is 0. The Hall–Kier alpha value is -2.36. The van der Waals surface area contributed by atoms with Gasteiger partial charge in [-0.3, -0.25) is 4.79 Å². The van der Waals surface area contributed by atoms with Crippen LogP contribution in [-0.2, 0) is 16.6 Å². The molecule has 1 amide bonds. The van der Waals surface area contributed by atoms with E-state index in [2.05, 4.69) is 48.4 Å². The second-order valence-electron chi connectivity index (χ2n) is 6.04. The first kappa shape index (κ1) is 15.0. The normalized spacial score (nSPS) is 11.8. The number of amides is 1. The van der Waals surface area contributed by atoms with Crippen LogP contribution in [0.4, 0.5) is 0 Å². The summed E-state index contributed by atoms with van der Waals surface area (Å²) < 4.78 is 0. The number of hydrazone groups is 1. The maximum absolute atomic E-state index is 11.8. The van der Waals surface area contributed by atoms with Crippen molar-refractivity contribution in [2.45, 2.75) is 32.6 Å². The Morgan fingerprint density at radius 1 is 1.24 bits per heavy atom. The lowest BCUT2D eigenvalue weighted by Crippen LogP contribution is -2.20. The molecule has 0 aliphatic rings. The number of carbonyl (C=O) groups is 1. The number of benzene rings is 1. The van der Waals surface area contributed by atoms with E-state index in [1.54, 1.807) is 12.4 Å². The first-order chi connectivity index (χ1) is 9.95. The molecular weight excluding hydrogens is 262 g/mol. The highest BCUT2D eigenvalue weighted by Crippen LogP contribution is 2.22. The van der Waals surface area contributed by atoms with Crippen LogP contribution in [0.3, 0.4) is 0 Å². The van der Waals surface area contributed by atoms with Crippen molar-refractivity contribution in [3.05, 3.63) is 59.4 Å². The van der Waals surface area contributed by atoms with Gasteiger partial charge in [-0.1, -0.05) is 45.0 Å². The van der Waals surface area contributed by atoms with Crippen molar-refractivity contribution < 1.29 is 4.79 Å². The molecule has 0 fully saturated rings. The summed E-state index contributed by atoms with van der Waals surface area (Å²) in [7, 11) is 0. The van der Waals surface area contributed by atoms with Crippen molar-refractivity contribution in [2.75, 3.05) is 0 Å². The van der Waals surface area contributed by atoms with Crippen molar-refractivity contribution in [1.29, 1.82) is 0 Å². The zero-order valence-electron chi connectivity index (χ0n) is 12.7. The molecule has 21 heavy (non-hydrogen) atoms. The molecule has 0 saturated carbocycles. The third-order valence-corrected chi connectivity index (χ3v) is 3.20. The molecule has 0 aliphatic carbocycles. The monoisotopic (exact) mass is 283 g/mol. The van der Waals surface area contributed by atoms with Gasteiger partial charge in [0.25, 0.3) is 0 Å². The molecule has 110 valence electrons. The van der Waals surface area contributed by atoms with Crippen LogP contribution in [0.2, 0.25) is 0 Å². The summed E-state index contributed by atoms with van der Waals surface area (Å²) in [5.74, 6) is -0.124. The number of nitrogens with one attached hydrogen (secondary N) is 2. The number of aromatic amines is 1. The molecule has 0 radical (unpaired) electrons. The van der Waals surface area contributed by atoms with Gasteiger partial charge >= 0.3 is 0 Å². The second kappa shape index (κ2) is 6.39. The van der Waals surface area contributed by atoms with Crippen LogP contribution in [0, 0.1) is 0 Å². The molecule has 0 spiro atoms. The van der Waals surface area contributed by atoms with Crippen LogP contribution in [0.15, 0.2) is 47.7 Å². The summed E-state index contributed by atoms with van der Waals surface area (Å²) in [6, 6.07) is 11.9. The van der Waals surface area contributed by atoms with Crippen LogP contribution in [0.25, 0.3) is 0 Å². The lowest BCUT2D eigenvalue weighted by atomic mass is 9.86. The van der Waals surface area contributed by atoms with Gasteiger partial charge in [-0.15, -0.1) is 0 Å². The molecule has 0 bridgehead atoms. The van der Waals surface area contributed by atoms with E-state index in [1.807, 2.05) is 24.3 Å². The molecule has 0 saturated heterocycles. The van der Waals surface area contributed by atoms with E-state index in [4.69, 9.17) is 0 Å². The highest BCUT2D eigenvalue weighted by atomic mass is 16.2. The first-order valence-electron chi connectivity index (χ1n) is 7.00. The highest BCUT2D eigenvalue weighted by Gasteiger charge is 2.13. The van der Waals surface area contributed by atoms with E-state index in [0.717, 1.165) is 11.3 Å². The molecule has 0 aliphatic heterocycles. The van der Waals surface area contributed by atoms with E-state index < -0.39 is 0 Å². The Morgan fingerprint density at radius 2 is 1.95 bits per heavy atom. The molecule has 4 heteroatoms. The lowest BCUT2D eigenvalue weighted by molar-refractivity contribution is -0.120. The first-order valence-corrected chi connectivity index (χ1v) is 7.00. The van der Waals surface area contributed by atoms with Crippen molar-refractivity contribution in [1.82, 2.24) is 10.4 Å². The van der Waals surface area contributed by atoms with Gasteiger partial charge < -0.3 is 4.98 Å². The summed E-state index contributed by atoms with van der Waals surface area (Å²) in [4.78, 5) is 14.8. The van der Waals surface area contributed by atoms with Crippen molar-refractivity contribution >= 4 is 12.1 Å². The van der Waals surface area contributed by atoms with Crippen LogP contribution >= 0.6 is 0 Å². The molecule has 2 rings (SSSR count). The van der Waals surface area contributed by atoms with Crippen LogP contribution < -0.4 is 5.43 Å². The fourth-order valence-corrected chi connectivity index (χ4v) is 1.95. The van der Waals surface area contributed by atoms with Crippen molar-refractivity contribution in [3.8, 4) is 0 Å². The fourth-order valence-electron chi connectivity index (χ4n) is 1.95. The molecule has 1 heterocycles. The molecule has 4 nitrogen and oxygen atoms in total. The number of H-pyrrole nitrogens is 1. The largest absolute Gasteiger partial charge is 0.360 e. The molecule has 1 aromatic heterocycles. The highest BCUT2D eigenvalue weighted by molar-refractivity contribution is 5.82.